The molecule has 9 aromatic rings. The minimum atomic E-state index is 0.695. The van der Waals surface area contributed by atoms with Crippen molar-refractivity contribution in [1.29, 1.82) is 0 Å². The molecule has 0 amide bonds. The van der Waals surface area contributed by atoms with E-state index in [1.165, 1.54) is 43.4 Å². The summed E-state index contributed by atoms with van der Waals surface area (Å²) >= 11 is 0. The molecule has 0 N–H and O–H groups in total. The molecule has 0 spiro atoms. The molecule has 0 aliphatic carbocycles. The number of aromatic nitrogens is 3. The van der Waals surface area contributed by atoms with Crippen molar-refractivity contribution < 1.29 is 0 Å². The van der Waals surface area contributed by atoms with Gasteiger partial charge < -0.3 is 0 Å². The summed E-state index contributed by atoms with van der Waals surface area (Å²) in [5.74, 6) is 0.695. The Hall–Kier alpha value is -6.45. The molecule has 2 aromatic heterocycles. The summed E-state index contributed by atoms with van der Waals surface area (Å²) in [7, 11) is 0. The van der Waals surface area contributed by atoms with Crippen LogP contribution < -0.4 is 0 Å². The fourth-order valence-corrected chi connectivity index (χ4v) is 6.87. The van der Waals surface area contributed by atoms with Crippen LogP contribution in [-0.2, 0) is 0 Å². The minimum absolute atomic E-state index is 0.695. The molecule has 0 radical (unpaired) electrons. The monoisotopic (exact) mass is 611 g/mol. The summed E-state index contributed by atoms with van der Waals surface area (Å²) in [5.41, 5.74) is 9.33. The average molecular weight is 612 g/mol. The standard InChI is InChI=1S/C45H29N3/c1-2-12-33(13-3-1)45-47-42(28-43(48-45)39-18-8-6-15-36(39)35-14-10-26-46-29-35)32-23-20-31(21-24-32)41-27-34-25-22-30-11-4-5-16-37(30)44(34)40-19-9-7-17-38(40)41/h1-29H. The lowest BCUT2D eigenvalue weighted by Gasteiger charge is -2.14. The number of benzene rings is 7. The van der Waals surface area contributed by atoms with Gasteiger partial charge in [0.05, 0.1) is 11.4 Å². The highest BCUT2D eigenvalue weighted by Gasteiger charge is 2.15. The number of pyridine rings is 1. The van der Waals surface area contributed by atoms with E-state index in [9.17, 15) is 0 Å². The van der Waals surface area contributed by atoms with E-state index in [-0.39, 0.29) is 0 Å². The van der Waals surface area contributed by atoms with E-state index in [2.05, 4.69) is 145 Å². The number of nitrogens with zero attached hydrogens (tertiary/aromatic N) is 3. The third-order valence-corrected chi connectivity index (χ3v) is 9.17. The predicted molar refractivity (Wildman–Crippen MR) is 200 cm³/mol. The van der Waals surface area contributed by atoms with Gasteiger partial charge in [0.25, 0.3) is 0 Å². The van der Waals surface area contributed by atoms with Crippen molar-refractivity contribution in [1.82, 2.24) is 15.0 Å². The number of rotatable bonds is 5. The Labute approximate surface area is 278 Å². The SMILES string of the molecule is c1ccc(-c2nc(-c3ccc(-c4cc5ccc6ccccc6c5c5ccccc45)cc3)cc(-c3ccccc3-c3cccnc3)n2)cc1. The summed E-state index contributed by atoms with van der Waals surface area (Å²) in [6.45, 7) is 0. The molecule has 0 aliphatic heterocycles. The van der Waals surface area contributed by atoms with Crippen LogP contribution in [0.3, 0.4) is 0 Å². The second-order valence-corrected chi connectivity index (χ2v) is 12.0. The van der Waals surface area contributed by atoms with Crippen molar-refractivity contribution in [3.8, 4) is 56.2 Å². The van der Waals surface area contributed by atoms with Crippen molar-refractivity contribution in [2.24, 2.45) is 0 Å². The van der Waals surface area contributed by atoms with Crippen LogP contribution in [0.5, 0.6) is 0 Å². The fraction of sp³-hybridized carbons (Fsp3) is 0. The van der Waals surface area contributed by atoms with Crippen LogP contribution in [0, 0.1) is 0 Å². The Kier molecular flexibility index (Phi) is 6.80. The molecule has 224 valence electrons. The van der Waals surface area contributed by atoms with Gasteiger partial charge in [-0.25, -0.2) is 9.97 Å². The number of hydrogen-bond donors (Lipinski definition) is 0. The van der Waals surface area contributed by atoms with Gasteiger partial charge in [-0.05, 0) is 67.2 Å². The fourth-order valence-electron chi connectivity index (χ4n) is 6.87. The first kappa shape index (κ1) is 27.8. The van der Waals surface area contributed by atoms with E-state index in [4.69, 9.17) is 9.97 Å². The molecule has 0 fully saturated rings. The second-order valence-electron chi connectivity index (χ2n) is 12.0. The van der Waals surface area contributed by atoms with Gasteiger partial charge >= 0.3 is 0 Å². The molecule has 2 heterocycles. The molecule has 0 atom stereocenters. The lowest BCUT2D eigenvalue weighted by atomic mass is 9.90. The second kappa shape index (κ2) is 11.7. The molecular formula is C45H29N3. The topological polar surface area (TPSA) is 38.7 Å². The Bertz CT molecular complexity index is 2590. The van der Waals surface area contributed by atoms with E-state index in [1.807, 2.05) is 30.5 Å². The maximum Gasteiger partial charge on any atom is 0.160 e. The molecule has 0 bridgehead atoms. The lowest BCUT2D eigenvalue weighted by Crippen LogP contribution is -1.97. The maximum absolute atomic E-state index is 5.10. The third kappa shape index (κ3) is 4.90. The van der Waals surface area contributed by atoms with E-state index in [0.717, 1.165) is 39.2 Å². The molecule has 9 rings (SSSR count). The van der Waals surface area contributed by atoms with Crippen LogP contribution in [0.15, 0.2) is 176 Å². The van der Waals surface area contributed by atoms with E-state index in [1.54, 1.807) is 6.20 Å². The summed E-state index contributed by atoms with van der Waals surface area (Å²) in [5, 5.41) is 7.61. The van der Waals surface area contributed by atoms with Crippen molar-refractivity contribution in [2.45, 2.75) is 0 Å². The smallest absolute Gasteiger partial charge is 0.160 e. The molecule has 0 aliphatic rings. The predicted octanol–water partition coefficient (Wildman–Crippen LogP) is 11.7. The Morgan fingerprint density at radius 2 is 1.00 bits per heavy atom. The summed E-state index contributed by atoms with van der Waals surface area (Å²) < 4.78 is 0. The first-order valence-corrected chi connectivity index (χ1v) is 16.2. The van der Waals surface area contributed by atoms with Crippen molar-refractivity contribution in [3.63, 3.8) is 0 Å². The Balaban J connectivity index is 1.19. The highest BCUT2D eigenvalue weighted by Crippen LogP contribution is 2.39. The highest BCUT2D eigenvalue weighted by atomic mass is 14.9. The van der Waals surface area contributed by atoms with Crippen LogP contribution in [0.4, 0.5) is 0 Å². The zero-order valence-corrected chi connectivity index (χ0v) is 26.1. The molecule has 48 heavy (non-hydrogen) atoms. The summed E-state index contributed by atoms with van der Waals surface area (Å²) in [6.07, 6.45) is 3.70. The van der Waals surface area contributed by atoms with Gasteiger partial charge in [-0.15, -0.1) is 0 Å². The first-order chi connectivity index (χ1) is 23.8. The Morgan fingerprint density at radius 3 is 1.81 bits per heavy atom. The van der Waals surface area contributed by atoms with Gasteiger partial charge in [0, 0.05) is 34.6 Å². The quantitative estimate of drug-likeness (QED) is 0.182. The zero-order valence-electron chi connectivity index (χ0n) is 26.1. The number of fused-ring (bicyclic) bond motifs is 5. The number of hydrogen-bond acceptors (Lipinski definition) is 3. The minimum Gasteiger partial charge on any atom is -0.264 e. The van der Waals surface area contributed by atoms with Gasteiger partial charge in [-0.2, -0.15) is 0 Å². The molecule has 0 saturated carbocycles. The molecule has 3 heteroatoms. The summed E-state index contributed by atoms with van der Waals surface area (Å²) in [4.78, 5) is 14.6. The van der Waals surface area contributed by atoms with Crippen LogP contribution in [0.1, 0.15) is 0 Å². The normalized spacial score (nSPS) is 11.3. The van der Waals surface area contributed by atoms with Crippen molar-refractivity contribution in [2.75, 3.05) is 0 Å². The van der Waals surface area contributed by atoms with Gasteiger partial charge in [0.15, 0.2) is 5.82 Å². The first-order valence-electron chi connectivity index (χ1n) is 16.2. The summed E-state index contributed by atoms with van der Waals surface area (Å²) in [6, 6.07) is 57.8. The van der Waals surface area contributed by atoms with Gasteiger partial charge in [-0.1, -0.05) is 146 Å². The van der Waals surface area contributed by atoms with Gasteiger partial charge in [0.2, 0.25) is 0 Å². The highest BCUT2D eigenvalue weighted by molar-refractivity contribution is 6.23. The maximum atomic E-state index is 5.10. The van der Waals surface area contributed by atoms with Crippen molar-refractivity contribution >= 4 is 32.3 Å². The van der Waals surface area contributed by atoms with Crippen LogP contribution in [0.25, 0.3) is 88.5 Å². The molecular weight excluding hydrogens is 583 g/mol. The van der Waals surface area contributed by atoms with E-state index >= 15 is 0 Å². The zero-order chi connectivity index (χ0) is 31.9. The van der Waals surface area contributed by atoms with Gasteiger partial charge in [-0.3, -0.25) is 4.98 Å². The molecule has 3 nitrogen and oxygen atoms in total. The molecule has 0 saturated heterocycles. The molecule has 0 unspecified atom stereocenters. The van der Waals surface area contributed by atoms with E-state index in [0.29, 0.717) is 5.82 Å². The van der Waals surface area contributed by atoms with Crippen LogP contribution >= 0.6 is 0 Å². The van der Waals surface area contributed by atoms with Gasteiger partial charge in [0.1, 0.15) is 0 Å². The lowest BCUT2D eigenvalue weighted by molar-refractivity contribution is 1.18. The largest absolute Gasteiger partial charge is 0.264 e. The van der Waals surface area contributed by atoms with Crippen molar-refractivity contribution in [3.05, 3.63) is 176 Å². The van der Waals surface area contributed by atoms with Crippen LogP contribution in [-0.4, -0.2) is 15.0 Å². The molecule has 7 aromatic carbocycles. The van der Waals surface area contributed by atoms with Crippen LogP contribution in [0.2, 0.25) is 0 Å². The third-order valence-electron chi connectivity index (χ3n) is 9.17. The average Bonchev–Trinajstić information content (AvgIpc) is 3.18. The van der Waals surface area contributed by atoms with E-state index < -0.39 is 0 Å². The Morgan fingerprint density at radius 1 is 0.354 bits per heavy atom.